The number of aromatic nitrogens is 2. The number of carboxylic acid groups (broad SMARTS) is 1. The third-order valence-electron chi connectivity index (χ3n) is 5.83. The lowest BCUT2D eigenvalue weighted by molar-refractivity contribution is -0.142. The van der Waals surface area contributed by atoms with E-state index < -0.39 is 54.0 Å². The summed E-state index contributed by atoms with van der Waals surface area (Å²) in [7, 11) is 0. The zero-order chi connectivity index (χ0) is 24.5. The van der Waals surface area contributed by atoms with Crippen molar-refractivity contribution in [2.24, 2.45) is 5.92 Å². The van der Waals surface area contributed by atoms with Crippen molar-refractivity contribution in [1.82, 2.24) is 31.2 Å². The normalized spacial score (nSPS) is 20.2. The van der Waals surface area contributed by atoms with Crippen LogP contribution in [0.5, 0.6) is 0 Å². The van der Waals surface area contributed by atoms with Gasteiger partial charge in [0.2, 0.25) is 17.7 Å². The average molecular weight is 467 g/mol. The summed E-state index contributed by atoms with van der Waals surface area (Å²) in [4.78, 5) is 56.6. The van der Waals surface area contributed by atoms with E-state index in [0.717, 1.165) is 6.42 Å². The molecule has 2 heterocycles. The number of carbonyl (C=O) groups excluding carboxylic acids is 3. The Hall–Kier alpha value is -2.99. The van der Waals surface area contributed by atoms with Gasteiger partial charge in [-0.25, -0.2) is 9.78 Å². The Morgan fingerprint density at radius 2 is 1.85 bits per heavy atom. The highest BCUT2D eigenvalue weighted by Gasteiger charge is 2.35. The van der Waals surface area contributed by atoms with E-state index in [1.807, 2.05) is 6.92 Å². The van der Waals surface area contributed by atoms with Crippen LogP contribution >= 0.6 is 0 Å². The van der Waals surface area contributed by atoms with Crippen LogP contribution in [0.3, 0.4) is 0 Å². The molecule has 0 saturated carbocycles. The number of hydrogen-bond donors (Lipinski definition) is 7. The van der Waals surface area contributed by atoms with Gasteiger partial charge in [0.05, 0.1) is 18.5 Å². The Morgan fingerprint density at radius 1 is 1.15 bits per heavy atom. The molecule has 12 nitrogen and oxygen atoms in total. The first kappa shape index (κ1) is 26.3. The first-order valence-electron chi connectivity index (χ1n) is 11.2. The topological polar surface area (TPSA) is 186 Å². The third kappa shape index (κ3) is 7.53. The lowest BCUT2D eigenvalue weighted by atomic mass is 9.97. The van der Waals surface area contributed by atoms with Crippen molar-refractivity contribution in [3.63, 3.8) is 0 Å². The van der Waals surface area contributed by atoms with Crippen LogP contribution in [0.1, 0.15) is 45.7 Å². The summed E-state index contributed by atoms with van der Waals surface area (Å²) in [5.41, 5.74) is 0.532. The number of hydrogen-bond acceptors (Lipinski definition) is 7. The number of aliphatic carboxylic acids is 1. The predicted molar refractivity (Wildman–Crippen MR) is 118 cm³/mol. The van der Waals surface area contributed by atoms with Crippen molar-refractivity contribution in [3.8, 4) is 0 Å². The lowest BCUT2D eigenvalue weighted by Crippen LogP contribution is -2.61. The highest BCUT2D eigenvalue weighted by Crippen LogP contribution is 2.11. The molecule has 1 aromatic heterocycles. The maximum absolute atomic E-state index is 13.0. The van der Waals surface area contributed by atoms with Gasteiger partial charge in [0.1, 0.15) is 18.1 Å². The van der Waals surface area contributed by atoms with Crippen LogP contribution in [0.2, 0.25) is 0 Å². The summed E-state index contributed by atoms with van der Waals surface area (Å²) in [5.74, 6) is -3.36. The Kier molecular flexibility index (Phi) is 9.79. The third-order valence-corrected chi connectivity index (χ3v) is 5.83. The Labute approximate surface area is 192 Å². The summed E-state index contributed by atoms with van der Waals surface area (Å²) in [6.07, 6.45) is 3.64. The van der Waals surface area contributed by atoms with Crippen LogP contribution in [0.25, 0.3) is 0 Å². The number of carboxylic acids is 1. The summed E-state index contributed by atoms with van der Waals surface area (Å²) in [6.45, 7) is 5.64. The number of carbonyl (C=O) groups is 4. The molecule has 0 spiro atoms. The minimum absolute atomic E-state index is 0.0109. The molecule has 1 fully saturated rings. The zero-order valence-electron chi connectivity index (χ0n) is 19.1. The fourth-order valence-corrected chi connectivity index (χ4v) is 3.59. The molecule has 7 N–H and O–H groups in total. The molecule has 2 rings (SSSR count). The second-order valence-electron chi connectivity index (χ2n) is 8.43. The molecule has 6 atom stereocenters. The van der Waals surface area contributed by atoms with Crippen LogP contribution in [0.15, 0.2) is 12.5 Å². The van der Waals surface area contributed by atoms with E-state index in [9.17, 15) is 29.4 Å². The molecule has 1 saturated heterocycles. The fraction of sp³-hybridized carbons (Fsp3) is 0.667. The average Bonchev–Trinajstić information content (AvgIpc) is 3.48. The number of rotatable bonds is 12. The van der Waals surface area contributed by atoms with E-state index >= 15 is 0 Å². The number of aromatic amines is 1. The SMILES string of the molecule is CCC(C)C(NC(=O)C(NC(=O)C1CCCN1)C(C)O)C(=O)NC(Cc1cnc[nH]1)C(=O)O. The zero-order valence-corrected chi connectivity index (χ0v) is 19.1. The molecule has 1 aromatic rings. The van der Waals surface area contributed by atoms with Gasteiger partial charge in [-0.1, -0.05) is 20.3 Å². The van der Waals surface area contributed by atoms with Crippen molar-refractivity contribution >= 4 is 23.7 Å². The van der Waals surface area contributed by atoms with Crippen molar-refractivity contribution in [2.75, 3.05) is 6.54 Å². The molecule has 1 aliphatic heterocycles. The maximum Gasteiger partial charge on any atom is 0.326 e. The van der Waals surface area contributed by atoms with Crippen molar-refractivity contribution < 1.29 is 29.4 Å². The summed E-state index contributed by atoms with van der Waals surface area (Å²) < 4.78 is 0. The molecule has 6 unspecified atom stereocenters. The van der Waals surface area contributed by atoms with Crippen molar-refractivity contribution in [3.05, 3.63) is 18.2 Å². The van der Waals surface area contributed by atoms with Gasteiger partial charge >= 0.3 is 5.97 Å². The summed E-state index contributed by atoms with van der Waals surface area (Å²) in [5, 5.41) is 30.3. The van der Waals surface area contributed by atoms with Gasteiger partial charge in [-0.3, -0.25) is 14.4 Å². The summed E-state index contributed by atoms with van der Waals surface area (Å²) in [6, 6.07) is -4.00. The van der Waals surface area contributed by atoms with Crippen molar-refractivity contribution in [2.45, 2.75) is 76.7 Å². The van der Waals surface area contributed by atoms with Crippen LogP contribution in [-0.4, -0.2) is 80.7 Å². The highest BCUT2D eigenvalue weighted by molar-refractivity contribution is 5.94. The smallest absolute Gasteiger partial charge is 0.326 e. The molecule has 33 heavy (non-hydrogen) atoms. The molecule has 0 aromatic carbocycles. The predicted octanol–water partition coefficient (Wildman–Crippen LogP) is -1.33. The Morgan fingerprint density at radius 3 is 2.36 bits per heavy atom. The molecule has 12 heteroatoms. The van der Waals surface area contributed by atoms with Gasteiger partial charge in [-0.15, -0.1) is 0 Å². The van der Waals surface area contributed by atoms with Crippen LogP contribution < -0.4 is 21.3 Å². The van der Waals surface area contributed by atoms with Crippen LogP contribution in [0, 0.1) is 5.92 Å². The minimum Gasteiger partial charge on any atom is -0.480 e. The Balaban J connectivity index is 2.09. The molecular formula is C21H34N6O6. The molecule has 184 valence electrons. The van der Waals surface area contributed by atoms with E-state index in [1.165, 1.54) is 19.4 Å². The van der Waals surface area contributed by atoms with Gasteiger partial charge in [0.25, 0.3) is 0 Å². The van der Waals surface area contributed by atoms with Gasteiger partial charge in [0, 0.05) is 18.3 Å². The quantitative estimate of drug-likeness (QED) is 0.197. The van der Waals surface area contributed by atoms with E-state index in [1.54, 1.807) is 6.92 Å². The van der Waals surface area contributed by atoms with E-state index in [0.29, 0.717) is 25.1 Å². The lowest BCUT2D eigenvalue weighted by Gasteiger charge is -2.29. The van der Waals surface area contributed by atoms with Crippen molar-refractivity contribution in [1.29, 1.82) is 0 Å². The van der Waals surface area contributed by atoms with E-state index in [4.69, 9.17) is 0 Å². The molecule has 0 aliphatic carbocycles. The monoisotopic (exact) mass is 466 g/mol. The van der Waals surface area contributed by atoms with Gasteiger partial charge in [-0.2, -0.15) is 0 Å². The first-order valence-corrected chi connectivity index (χ1v) is 11.2. The molecule has 3 amide bonds. The number of imidazole rings is 1. The van der Waals surface area contributed by atoms with E-state index in [2.05, 4.69) is 31.2 Å². The second-order valence-corrected chi connectivity index (χ2v) is 8.43. The number of amides is 3. The number of H-pyrrole nitrogens is 1. The number of aliphatic hydroxyl groups is 1. The fourth-order valence-electron chi connectivity index (χ4n) is 3.59. The van der Waals surface area contributed by atoms with Gasteiger partial charge < -0.3 is 36.5 Å². The number of aliphatic hydroxyl groups excluding tert-OH is 1. The molecule has 0 bridgehead atoms. The molecule has 1 aliphatic rings. The Bertz CT molecular complexity index is 808. The number of nitrogens with one attached hydrogen (secondary N) is 5. The minimum atomic E-state index is -1.26. The molecular weight excluding hydrogens is 432 g/mol. The molecule has 0 radical (unpaired) electrons. The van der Waals surface area contributed by atoms with Crippen LogP contribution in [0.4, 0.5) is 0 Å². The maximum atomic E-state index is 13.0. The van der Waals surface area contributed by atoms with Gasteiger partial charge in [-0.05, 0) is 32.2 Å². The number of nitrogens with zero attached hydrogens (tertiary/aromatic N) is 1. The first-order chi connectivity index (χ1) is 15.6. The van der Waals surface area contributed by atoms with E-state index in [-0.39, 0.29) is 12.3 Å². The van der Waals surface area contributed by atoms with Crippen LogP contribution in [-0.2, 0) is 25.6 Å². The standard InChI is InChI=1S/C21H34N6O6/c1-4-11(2)16(19(30)25-15(21(32)33)8-13-9-22-10-24-13)26-20(31)17(12(3)28)27-18(29)14-6-5-7-23-14/h9-12,14-17,23,28H,4-8H2,1-3H3,(H,22,24)(H,25,30)(H,26,31)(H,27,29)(H,32,33). The largest absolute Gasteiger partial charge is 0.480 e. The second kappa shape index (κ2) is 12.3. The van der Waals surface area contributed by atoms with Gasteiger partial charge in [0.15, 0.2) is 0 Å². The summed E-state index contributed by atoms with van der Waals surface area (Å²) >= 11 is 0. The highest BCUT2D eigenvalue weighted by atomic mass is 16.4.